The van der Waals surface area contributed by atoms with Crippen LogP contribution in [0, 0.1) is 4.77 Å². The summed E-state index contributed by atoms with van der Waals surface area (Å²) in [5.74, 6) is 2.05. The van der Waals surface area contributed by atoms with Gasteiger partial charge in [0.25, 0.3) is 0 Å². The fourth-order valence-corrected chi connectivity index (χ4v) is 3.06. The Kier molecular flexibility index (Phi) is 6.36. The molecular formula is C19H21ClN4O2S. The van der Waals surface area contributed by atoms with E-state index in [-0.39, 0.29) is 0 Å². The van der Waals surface area contributed by atoms with E-state index in [4.69, 9.17) is 33.3 Å². The van der Waals surface area contributed by atoms with E-state index in [1.54, 1.807) is 11.8 Å². The van der Waals surface area contributed by atoms with Crippen molar-refractivity contribution in [1.29, 1.82) is 0 Å². The van der Waals surface area contributed by atoms with E-state index in [1.165, 1.54) is 0 Å². The van der Waals surface area contributed by atoms with Crippen molar-refractivity contribution in [3.05, 3.63) is 57.8 Å². The highest BCUT2D eigenvalue weighted by molar-refractivity contribution is 7.71. The largest absolute Gasteiger partial charge is 0.496 e. The minimum Gasteiger partial charge on any atom is -0.496 e. The Morgan fingerprint density at radius 2 is 2.04 bits per heavy atom. The molecule has 27 heavy (non-hydrogen) atoms. The van der Waals surface area contributed by atoms with Crippen molar-refractivity contribution >= 4 is 23.8 Å². The first-order valence-electron chi connectivity index (χ1n) is 8.60. The van der Waals surface area contributed by atoms with Crippen molar-refractivity contribution in [3.63, 3.8) is 0 Å². The predicted molar refractivity (Wildman–Crippen MR) is 110 cm³/mol. The zero-order valence-corrected chi connectivity index (χ0v) is 16.7. The topological polar surface area (TPSA) is 64.1 Å². The zero-order valence-electron chi connectivity index (χ0n) is 15.2. The quantitative estimate of drug-likeness (QED) is 0.528. The van der Waals surface area contributed by atoms with Gasteiger partial charge in [-0.3, -0.25) is 0 Å². The third kappa shape index (κ3) is 4.43. The molecule has 0 aliphatic heterocycles. The van der Waals surface area contributed by atoms with Crippen LogP contribution in [0.4, 0.5) is 0 Å². The lowest BCUT2D eigenvalue weighted by atomic mass is 10.2. The second-order valence-corrected chi connectivity index (χ2v) is 6.63. The number of aromatic amines is 1. The molecule has 0 saturated carbocycles. The summed E-state index contributed by atoms with van der Waals surface area (Å²) < 4.78 is 13.2. The fraction of sp³-hybridized carbons (Fsp3) is 0.263. The van der Waals surface area contributed by atoms with Gasteiger partial charge in [0.2, 0.25) is 4.77 Å². The van der Waals surface area contributed by atoms with Crippen molar-refractivity contribution in [2.75, 3.05) is 19.1 Å². The number of aromatic nitrogens is 3. The molecule has 1 heterocycles. The molecule has 2 N–H and O–H groups in total. The maximum Gasteiger partial charge on any atom is 0.214 e. The Morgan fingerprint density at radius 1 is 1.22 bits per heavy atom. The van der Waals surface area contributed by atoms with Gasteiger partial charge in [-0.1, -0.05) is 36.7 Å². The fourth-order valence-electron chi connectivity index (χ4n) is 2.61. The molecule has 8 heteroatoms. The van der Waals surface area contributed by atoms with E-state index in [0.29, 0.717) is 34.5 Å². The smallest absolute Gasteiger partial charge is 0.214 e. The molecule has 142 valence electrons. The number of nitrogens with zero attached hydrogens (tertiary/aromatic N) is 2. The van der Waals surface area contributed by atoms with Crippen molar-refractivity contribution in [1.82, 2.24) is 14.9 Å². The van der Waals surface area contributed by atoms with Crippen LogP contribution < -0.4 is 14.9 Å². The van der Waals surface area contributed by atoms with Gasteiger partial charge in [0.15, 0.2) is 5.82 Å². The third-order valence-electron chi connectivity index (χ3n) is 3.92. The summed E-state index contributed by atoms with van der Waals surface area (Å²) in [5, 5.41) is 7.73. The number of hydrogen-bond donors (Lipinski definition) is 2. The second kappa shape index (κ2) is 8.92. The number of halogens is 1. The molecule has 0 unspecified atom stereocenters. The average Bonchev–Trinajstić information content (AvgIpc) is 3.06. The summed E-state index contributed by atoms with van der Waals surface area (Å²) in [5.41, 5.74) is 5.11. The van der Waals surface area contributed by atoms with E-state index in [9.17, 15) is 0 Å². The Balaban J connectivity index is 1.80. The number of rotatable bonds is 8. The highest BCUT2D eigenvalue weighted by atomic mass is 35.5. The maximum atomic E-state index is 6.31. The first kappa shape index (κ1) is 19.3. The van der Waals surface area contributed by atoms with E-state index >= 15 is 0 Å². The molecular weight excluding hydrogens is 384 g/mol. The van der Waals surface area contributed by atoms with Crippen LogP contribution in [0.3, 0.4) is 0 Å². The van der Waals surface area contributed by atoms with E-state index in [1.807, 2.05) is 42.5 Å². The molecule has 0 aliphatic rings. The molecule has 3 rings (SSSR count). The summed E-state index contributed by atoms with van der Waals surface area (Å²) in [6.45, 7) is 3.22. The second-order valence-electron chi connectivity index (χ2n) is 5.84. The monoisotopic (exact) mass is 404 g/mol. The normalized spacial score (nSPS) is 10.6. The maximum absolute atomic E-state index is 6.31. The van der Waals surface area contributed by atoms with Crippen LogP contribution in [0.1, 0.15) is 18.9 Å². The van der Waals surface area contributed by atoms with Crippen molar-refractivity contribution in [3.8, 4) is 22.9 Å². The first-order valence-corrected chi connectivity index (χ1v) is 9.38. The van der Waals surface area contributed by atoms with E-state index in [2.05, 4.69) is 22.5 Å². The van der Waals surface area contributed by atoms with Crippen LogP contribution in [0.25, 0.3) is 11.4 Å². The summed E-state index contributed by atoms with van der Waals surface area (Å²) in [6, 6.07) is 13.4. The molecule has 0 bridgehead atoms. The Morgan fingerprint density at radius 3 is 2.78 bits per heavy atom. The first-order chi connectivity index (χ1) is 13.1. The van der Waals surface area contributed by atoms with E-state index in [0.717, 1.165) is 23.3 Å². The van der Waals surface area contributed by atoms with Crippen molar-refractivity contribution in [2.24, 2.45) is 0 Å². The van der Waals surface area contributed by atoms with Gasteiger partial charge in [0, 0.05) is 0 Å². The van der Waals surface area contributed by atoms with Gasteiger partial charge < -0.3 is 14.9 Å². The minimum absolute atomic E-state index is 0.463. The molecule has 1 aromatic heterocycles. The molecule has 0 saturated heterocycles. The SMILES string of the molecule is CCCOc1ccc(CNn2c(-c3ccccc3OC)n[nH]c2=S)cc1Cl. The molecule has 0 amide bonds. The van der Waals surface area contributed by atoms with Crippen LogP contribution in [0.2, 0.25) is 5.02 Å². The number of para-hydroxylation sites is 1. The molecule has 0 aliphatic carbocycles. The van der Waals surface area contributed by atoms with Gasteiger partial charge in [-0.05, 0) is 48.5 Å². The zero-order chi connectivity index (χ0) is 19.2. The number of H-pyrrole nitrogens is 1. The summed E-state index contributed by atoms with van der Waals surface area (Å²) >= 11 is 11.7. The van der Waals surface area contributed by atoms with Crippen LogP contribution in [-0.4, -0.2) is 28.6 Å². The number of methoxy groups -OCH3 is 1. The molecule has 0 spiro atoms. The average molecular weight is 405 g/mol. The Bertz CT molecular complexity index is 970. The molecule has 0 radical (unpaired) electrons. The Hall–Kier alpha value is -2.51. The Labute approximate surface area is 168 Å². The number of ether oxygens (including phenoxy) is 2. The van der Waals surface area contributed by atoms with Gasteiger partial charge >= 0.3 is 0 Å². The third-order valence-corrected chi connectivity index (χ3v) is 4.49. The van der Waals surface area contributed by atoms with E-state index < -0.39 is 0 Å². The van der Waals surface area contributed by atoms with Crippen molar-refractivity contribution in [2.45, 2.75) is 19.9 Å². The number of hydrogen-bond acceptors (Lipinski definition) is 5. The van der Waals surface area contributed by atoms with Gasteiger partial charge in [0.1, 0.15) is 11.5 Å². The molecule has 6 nitrogen and oxygen atoms in total. The molecule has 2 aromatic carbocycles. The van der Waals surface area contributed by atoms with Gasteiger partial charge in [-0.25, -0.2) is 9.77 Å². The van der Waals surface area contributed by atoms with Gasteiger partial charge in [0.05, 0.1) is 30.8 Å². The lowest BCUT2D eigenvalue weighted by Crippen LogP contribution is -2.16. The van der Waals surface area contributed by atoms with Gasteiger partial charge in [-0.2, -0.15) is 5.10 Å². The standard InChI is InChI=1S/C19H21ClN4O2S/c1-3-10-26-17-9-8-13(11-15(17)20)12-21-24-18(22-23-19(24)27)14-6-4-5-7-16(14)25-2/h4-9,11,21H,3,10,12H2,1-2H3,(H,23,27). The summed E-state index contributed by atoms with van der Waals surface area (Å²) in [6.07, 6.45) is 0.935. The highest BCUT2D eigenvalue weighted by Crippen LogP contribution is 2.28. The van der Waals surface area contributed by atoms with Gasteiger partial charge in [-0.15, -0.1) is 0 Å². The minimum atomic E-state index is 0.463. The lowest BCUT2D eigenvalue weighted by molar-refractivity contribution is 0.317. The number of benzene rings is 2. The van der Waals surface area contributed by atoms with Crippen LogP contribution in [0.15, 0.2) is 42.5 Å². The number of nitrogens with one attached hydrogen (secondary N) is 2. The van der Waals surface area contributed by atoms with Crippen LogP contribution in [0.5, 0.6) is 11.5 Å². The summed E-state index contributed by atoms with van der Waals surface area (Å²) in [4.78, 5) is 0. The molecule has 0 fully saturated rings. The summed E-state index contributed by atoms with van der Waals surface area (Å²) in [7, 11) is 1.63. The van der Waals surface area contributed by atoms with Crippen LogP contribution in [-0.2, 0) is 6.54 Å². The lowest BCUT2D eigenvalue weighted by Gasteiger charge is -2.13. The molecule has 0 atom stereocenters. The predicted octanol–water partition coefficient (Wildman–Crippen LogP) is 4.80. The highest BCUT2D eigenvalue weighted by Gasteiger charge is 2.13. The molecule has 3 aromatic rings. The van der Waals surface area contributed by atoms with Crippen molar-refractivity contribution < 1.29 is 9.47 Å². The van der Waals surface area contributed by atoms with Crippen LogP contribution >= 0.6 is 23.8 Å².